The van der Waals surface area contributed by atoms with Crippen LogP contribution in [0.25, 0.3) is 0 Å². The molecule has 6 heteroatoms. The number of aliphatic hydroxyl groups excluding tert-OH is 1. The average Bonchev–Trinajstić information content (AvgIpc) is 2.43. The molecule has 0 aliphatic heterocycles. The molecule has 0 atom stereocenters. The van der Waals surface area contributed by atoms with Crippen LogP contribution in [0.5, 0.6) is 5.75 Å². The molecule has 1 N–H and O–H groups in total. The Bertz CT molecular complexity index is 520. The number of benzene rings is 1. The first kappa shape index (κ1) is 15.9. The fraction of sp³-hybridized carbons (Fsp3) is 0.500. The molecule has 0 fully saturated rings. The van der Waals surface area contributed by atoms with Gasteiger partial charge >= 0.3 is 5.69 Å². The summed E-state index contributed by atoms with van der Waals surface area (Å²) in [5, 5.41) is 28.8. The second-order valence-electron chi connectivity index (χ2n) is 5.17. The van der Waals surface area contributed by atoms with Gasteiger partial charge in [-0.1, -0.05) is 0 Å². The summed E-state index contributed by atoms with van der Waals surface area (Å²) >= 11 is 0. The predicted molar refractivity (Wildman–Crippen MR) is 73.1 cm³/mol. The standard InChI is InChI=1S/C14H18N2O4/c1-14(2,10-15)6-3-7-20-13-8-11(9-17)4-5-12(13)16(18)19/h4-5,8,17H,3,6-7,9H2,1-2H3. The number of aliphatic hydroxyl groups is 1. The van der Waals surface area contributed by atoms with Gasteiger partial charge in [-0.15, -0.1) is 0 Å². The molecule has 0 aromatic heterocycles. The fourth-order valence-electron chi connectivity index (χ4n) is 1.68. The molecule has 1 rings (SSSR count). The van der Waals surface area contributed by atoms with Crippen molar-refractivity contribution in [3.05, 3.63) is 33.9 Å². The highest BCUT2D eigenvalue weighted by molar-refractivity contribution is 5.48. The van der Waals surface area contributed by atoms with Crippen LogP contribution in [0.1, 0.15) is 32.3 Å². The Hall–Kier alpha value is -2.13. The molecular weight excluding hydrogens is 260 g/mol. The number of ether oxygens (including phenoxy) is 1. The van der Waals surface area contributed by atoms with Crippen LogP contribution in [0.3, 0.4) is 0 Å². The molecule has 0 aliphatic rings. The monoisotopic (exact) mass is 278 g/mol. The van der Waals surface area contributed by atoms with E-state index in [1.165, 1.54) is 18.2 Å². The van der Waals surface area contributed by atoms with E-state index in [4.69, 9.17) is 15.1 Å². The van der Waals surface area contributed by atoms with Crippen molar-refractivity contribution in [2.24, 2.45) is 5.41 Å². The lowest BCUT2D eigenvalue weighted by Gasteiger charge is -2.14. The van der Waals surface area contributed by atoms with Crippen molar-refractivity contribution in [1.29, 1.82) is 5.26 Å². The highest BCUT2D eigenvalue weighted by Crippen LogP contribution is 2.29. The van der Waals surface area contributed by atoms with Crippen LogP contribution >= 0.6 is 0 Å². The number of nitrogens with zero attached hydrogens (tertiary/aromatic N) is 2. The van der Waals surface area contributed by atoms with E-state index in [0.717, 1.165) is 0 Å². The number of nitro groups is 1. The molecule has 6 nitrogen and oxygen atoms in total. The summed E-state index contributed by atoms with van der Waals surface area (Å²) in [6.07, 6.45) is 1.28. The zero-order valence-corrected chi connectivity index (χ0v) is 11.6. The Balaban J connectivity index is 2.67. The Morgan fingerprint density at radius 1 is 1.50 bits per heavy atom. The van der Waals surface area contributed by atoms with E-state index in [1.807, 2.05) is 13.8 Å². The van der Waals surface area contributed by atoms with Gasteiger partial charge < -0.3 is 9.84 Å². The summed E-state index contributed by atoms with van der Waals surface area (Å²) in [5.74, 6) is 0.149. The van der Waals surface area contributed by atoms with E-state index < -0.39 is 10.3 Å². The summed E-state index contributed by atoms with van der Waals surface area (Å²) in [7, 11) is 0. The molecule has 0 unspecified atom stereocenters. The molecule has 0 spiro atoms. The average molecular weight is 278 g/mol. The maximum Gasteiger partial charge on any atom is 0.310 e. The molecule has 108 valence electrons. The number of rotatable bonds is 7. The quantitative estimate of drug-likeness (QED) is 0.470. The summed E-state index contributed by atoms with van der Waals surface area (Å²) in [5.41, 5.74) is 0.00657. The molecule has 0 bridgehead atoms. The molecule has 0 radical (unpaired) electrons. The fourth-order valence-corrected chi connectivity index (χ4v) is 1.68. The lowest BCUT2D eigenvalue weighted by atomic mass is 9.90. The Labute approximate surface area is 117 Å². The molecule has 0 amide bonds. The van der Waals surface area contributed by atoms with E-state index >= 15 is 0 Å². The van der Waals surface area contributed by atoms with Crippen LogP contribution < -0.4 is 4.74 Å². The highest BCUT2D eigenvalue weighted by atomic mass is 16.6. The van der Waals surface area contributed by atoms with Gasteiger partial charge in [0.15, 0.2) is 5.75 Å². The number of nitro benzene ring substituents is 1. The molecule has 0 aliphatic carbocycles. The second kappa shape index (κ2) is 6.87. The van der Waals surface area contributed by atoms with Crippen molar-refractivity contribution in [3.8, 4) is 11.8 Å². The summed E-state index contributed by atoms with van der Waals surface area (Å²) in [6.45, 7) is 3.76. The van der Waals surface area contributed by atoms with E-state index in [9.17, 15) is 10.1 Å². The first-order valence-electron chi connectivity index (χ1n) is 6.32. The van der Waals surface area contributed by atoms with Crippen molar-refractivity contribution < 1.29 is 14.8 Å². The summed E-state index contributed by atoms with van der Waals surface area (Å²) < 4.78 is 5.42. The Morgan fingerprint density at radius 2 is 2.20 bits per heavy atom. The molecule has 1 aromatic carbocycles. The molecular formula is C14H18N2O4. The maximum atomic E-state index is 10.9. The number of hydrogen-bond donors (Lipinski definition) is 1. The van der Waals surface area contributed by atoms with Crippen LogP contribution in [0.2, 0.25) is 0 Å². The van der Waals surface area contributed by atoms with Gasteiger partial charge in [0.1, 0.15) is 0 Å². The van der Waals surface area contributed by atoms with E-state index in [0.29, 0.717) is 25.0 Å². The van der Waals surface area contributed by atoms with Crippen LogP contribution in [-0.2, 0) is 6.61 Å². The van der Waals surface area contributed by atoms with Crippen molar-refractivity contribution in [1.82, 2.24) is 0 Å². The zero-order valence-electron chi connectivity index (χ0n) is 11.6. The lowest BCUT2D eigenvalue weighted by molar-refractivity contribution is -0.385. The van der Waals surface area contributed by atoms with Gasteiger partial charge in [0.2, 0.25) is 0 Å². The highest BCUT2D eigenvalue weighted by Gasteiger charge is 2.18. The normalized spacial score (nSPS) is 10.9. The van der Waals surface area contributed by atoms with Gasteiger partial charge in [-0.05, 0) is 44.4 Å². The topological polar surface area (TPSA) is 96.4 Å². The van der Waals surface area contributed by atoms with Crippen molar-refractivity contribution in [3.63, 3.8) is 0 Å². The van der Waals surface area contributed by atoms with E-state index in [2.05, 4.69) is 6.07 Å². The first-order chi connectivity index (χ1) is 9.39. The van der Waals surface area contributed by atoms with E-state index in [-0.39, 0.29) is 18.0 Å². The zero-order chi connectivity index (χ0) is 15.2. The Kier molecular flexibility index (Phi) is 5.47. The van der Waals surface area contributed by atoms with Crippen molar-refractivity contribution in [2.75, 3.05) is 6.61 Å². The third-order valence-corrected chi connectivity index (χ3v) is 2.91. The largest absolute Gasteiger partial charge is 0.487 e. The van der Waals surface area contributed by atoms with Gasteiger partial charge in [-0.25, -0.2) is 0 Å². The molecule has 0 saturated heterocycles. The summed E-state index contributed by atoms with van der Waals surface area (Å²) in [4.78, 5) is 10.4. The van der Waals surface area contributed by atoms with E-state index in [1.54, 1.807) is 0 Å². The van der Waals surface area contributed by atoms with Gasteiger partial charge in [-0.2, -0.15) is 5.26 Å². The minimum absolute atomic E-state index is 0.123. The first-order valence-corrected chi connectivity index (χ1v) is 6.32. The van der Waals surface area contributed by atoms with Gasteiger partial charge in [-0.3, -0.25) is 10.1 Å². The molecule has 0 heterocycles. The molecule has 0 saturated carbocycles. The van der Waals surface area contributed by atoms with Crippen molar-refractivity contribution in [2.45, 2.75) is 33.3 Å². The van der Waals surface area contributed by atoms with Gasteiger partial charge in [0, 0.05) is 6.07 Å². The maximum absolute atomic E-state index is 10.9. The minimum Gasteiger partial charge on any atom is -0.487 e. The predicted octanol–water partition coefficient (Wildman–Crippen LogP) is 2.80. The Morgan fingerprint density at radius 3 is 2.75 bits per heavy atom. The van der Waals surface area contributed by atoms with Crippen LogP contribution in [0.4, 0.5) is 5.69 Å². The van der Waals surface area contributed by atoms with Crippen LogP contribution in [0, 0.1) is 26.9 Å². The van der Waals surface area contributed by atoms with Crippen LogP contribution in [0.15, 0.2) is 18.2 Å². The van der Waals surface area contributed by atoms with Crippen LogP contribution in [-0.4, -0.2) is 16.6 Å². The SMILES string of the molecule is CC(C)(C#N)CCCOc1cc(CO)ccc1[N+](=O)[O-]. The number of hydrogen-bond acceptors (Lipinski definition) is 5. The second-order valence-corrected chi connectivity index (χ2v) is 5.17. The summed E-state index contributed by atoms with van der Waals surface area (Å²) in [6, 6.07) is 6.47. The van der Waals surface area contributed by atoms with Gasteiger partial charge in [0.05, 0.1) is 29.6 Å². The van der Waals surface area contributed by atoms with Crippen molar-refractivity contribution >= 4 is 5.69 Å². The third-order valence-electron chi connectivity index (χ3n) is 2.91. The van der Waals surface area contributed by atoms with Gasteiger partial charge in [0.25, 0.3) is 0 Å². The molecule has 20 heavy (non-hydrogen) atoms. The smallest absolute Gasteiger partial charge is 0.310 e. The number of nitriles is 1. The minimum atomic E-state index is -0.518. The lowest BCUT2D eigenvalue weighted by Crippen LogP contribution is -2.10. The third kappa shape index (κ3) is 4.52. The molecule has 1 aromatic rings.